The highest BCUT2D eigenvalue weighted by Crippen LogP contribution is 2.22. The first kappa shape index (κ1) is 17.2. The fraction of sp³-hybridized carbons (Fsp3) is 0.333. The summed E-state index contributed by atoms with van der Waals surface area (Å²) >= 11 is 0. The van der Waals surface area contributed by atoms with Crippen LogP contribution in [0.4, 0.5) is 5.69 Å². The maximum absolute atomic E-state index is 11.8. The maximum Gasteiger partial charge on any atom is 0.161 e. The second-order valence-electron chi connectivity index (χ2n) is 6.65. The van der Waals surface area contributed by atoms with Crippen molar-refractivity contribution in [1.29, 1.82) is 5.26 Å². The molecule has 2 aromatic carbocycles. The summed E-state index contributed by atoms with van der Waals surface area (Å²) in [5.41, 5.74) is 4.79. The zero-order valence-corrected chi connectivity index (χ0v) is 14.7. The van der Waals surface area contributed by atoms with Gasteiger partial charge in [0, 0.05) is 36.9 Å². The smallest absolute Gasteiger partial charge is 0.161 e. The van der Waals surface area contributed by atoms with E-state index in [0.29, 0.717) is 17.2 Å². The zero-order chi connectivity index (χ0) is 17.8. The van der Waals surface area contributed by atoms with Crippen LogP contribution in [0.2, 0.25) is 0 Å². The first-order valence-electron chi connectivity index (χ1n) is 8.68. The van der Waals surface area contributed by atoms with E-state index in [2.05, 4.69) is 47.5 Å². The molecule has 2 aromatic rings. The number of Topliss-reactive ketones (excluding diaryl/α,β-unsaturated/α-hetero) is 1. The van der Waals surface area contributed by atoms with E-state index in [9.17, 15) is 4.79 Å². The quantitative estimate of drug-likeness (QED) is 0.849. The largest absolute Gasteiger partial charge is 0.383 e. The molecule has 128 valence electrons. The summed E-state index contributed by atoms with van der Waals surface area (Å²) in [6.07, 6.45) is 1.07. The summed E-state index contributed by atoms with van der Waals surface area (Å²) in [6.45, 7) is 6.48. The van der Waals surface area contributed by atoms with E-state index in [-0.39, 0.29) is 5.78 Å². The van der Waals surface area contributed by atoms with Crippen molar-refractivity contribution in [1.82, 2.24) is 4.90 Å². The van der Waals surface area contributed by atoms with Crippen LogP contribution in [0.1, 0.15) is 40.9 Å². The van der Waals surface area contributed by atoms with Gasteiger partial charge < -0.3 is 5.32 Å². The van der Waals surface area contributed by atoms with E-state index < -0.39 is 0 Å². The molecule has 4 heteroatoms. The van der Waals surface area contributed by atoms with Gasteiger partial charge >= 0.3 is 0 Å². The second-order valence-corrected chi connectivity index (χ2v) is 6.65. The number of nitrogens with zero attached hydrogens (tertiary/aromatic N) is 2. The van der Waals surface area contributed by atoms with E-state index in [0.717, 1.165) is 31.7 Å². The monoisotopic (exact) mass is 333 g/mol. The lowest BCUT2D eigenvalue weighted by molar-refractivity contribution is 0.101. The van der Waals surface area contributed by atoms with Gasteiger partial charge in [-0.15, -0.1) is 0 Å². The highest BCUT2D eigenvalue weighted by molar-refractivity contribution is 5.99. The Morgan fingerprint density at radius 2 is 2.04 bits per heavy atom. The molecule has 0 aromatic heterocycles. The molecular weight excluding hydrogens is 310 g/mol. The average molecular weight is 333 g/mol. The Morgan fingerprint density at radius 3 is 2.76 bits per heavy atom. The molecule has 0 aliphatic carbocycles. The van der Waals surface area contributed by atoms with Crippen LogP contribution in [0, 0.1) is 11.3 Å². The van der Waals surface area contributed by atoms with E-state index in [1.807, 2.05) is 0 Å². The fourth-order valence-electron chi connectivity index (χ4n) is 3.35. The third-order valence-corrected chi connectivity index (χ3v) is 4.90. The molecule has 0 saturated carbocycles. The second kappa shape index (κ2) is 7.50. The number of ketones is 1. The zero-order valence-electron chi connectivity index (χ0n) is 14.7. The van der Waals surface area contributed by atoms with Gasteiger partial charge in [0.05, 0.1) is 11.6 Å². The Bertz CT molecular complexity index is 822. The Balaban J connectivity index is 1.68. The van der Waals surface area contributed by atoms with E-state index >= 15 is 0 Å². The molecule has 0 fully saturated rings. The van der Waals surface area contributed by atoms with Crippen molar-refractivity contribution in [2.75, 3.05) is 18.4 Å². The number of carbonyl (C=O) groups is 1. The summed E-state index contributed by atoms with van der Waals surface area (Å²) in [5.74, 6) is 0.00606. The van der Waals surface area contributed by atoms with Crippen LogP contribution < -0.4 is 5.32 Å². The lowest BCUT2D eigenvalue weighted by atomic mass is 9.99. The maximum atomic E-state index is 11.8. The molecule has 1 atom stereocenters. The topological polar surface area (TPSA) is 56.1 Å². The van der Waals surface area contributed by atoms with Crippen molar-refractivity contribution in [3.63, 3.8) is 0 Å². The Morgan fingerprint density at radius 1 is 1.28 bits per heavy atom. The van der Waals surface area contributed by atoms with E-state index in [1.54, 1.807) is 25.1 Å². The van der Waals surface area contributed by atoms with Gasteiger partial charge in [-0.3, -0.25) is 9.69 Å². The van der Waals surface area contributed by atoms with Gasteiger partial charge in [-0.25, -0.2) is 0 Å². The minimum Gasteiger partial charge on any atom is -0.383 e. The molecular formula is C21H23N3O. The number of nitrogens with one attached hydrogen (secondary N) is 1. The molecule has 0 saturated heterocycles. The molecule has 0 bridgehead atoms. The first-order valence-corrected chi connectivity index (χ1v) is 8.68. The summed E-state index contributed by atoms with van der Waals surface area (Å²) in [5, 5.41) is 12.5. The number of hydrogen-bond donors (Lipinski definition) is 1. The van der Waals surface area contributed by atoms with Crippen molar-refractivity contribution in [2.45, 2.75) is 32.9 Å². The number of anilines is 1. The highest BCUT2D eigenvalue weighted by atomic mass is 16.1. The van der Waals surface area contributed by atoms with Gasteiger partial charge in [-0.2, -0.15) is 5.26 Å². The number of rotatable bonds is 5. The molecule has 0 spiro atoms. The van der Waals surface area contributed by atoms with Crippen molar-refractivity contribution in [3.05, 3.63) is 64.7 Å². The number of carbonyl (C=O) groups excluding carboxylic acids is 1. The Hall–Kier alpha value is -2.64. The summed E-state index contributed by atoms with van der Waals surface area (Å²) in [4.78, 5) is 14.3. The van der Waals surface area contributed by atoms with Crippen LogP contribution in [-0.4, -0.2) is 29.8 Å². The van der Waals surface area contributed by atoms with Gasteiger partial charge in [0.25, 0.3) is 0 Å². The SMILES string of the molecule is CC(=O)c1ccc(C#N)cc1NCC(C)N1CCc2ccccc2C1. The van der Waals surface area contributed by atoms with Crippen LogP contribution in [-0.2, 0) is 13.0 Å². The molecule has 3 rings (SSSR count). The third kappa shape index (κ3) is 3.89. The Kier molecular flexibility index (Phi) is 5.16. The van der Waals surface area contributed by atoms with Crippen LogP contribution in [0.5, 0.6) is 0 Å². The molecule has 1 heterocycles. The van der Waals surface area contributed by atoms with Gasteiger partial charge in [-0.05, 0) is 49.6 Å². The van der Waals surface area contributed by atoms with Crippen LogP contribution in [0.3, 0.4) is 0 Å². The van der Waals surface area contributed by atoms with E-state index in [4.69, 9.17) is 5.26 Å². The minimum absolute atomic E-state index is 0.00606. The lowest BCUT2D eigenvalue weighted by Gasteiger charge is -2.34. The standard InChI is InChI=1S/C21H23N3O/c1-15(24-10-9-18-5-3-4-6-19(18)14-24)13-23-21-11-17(12-22)7-8-20(21)16(2)25/h3-8,11,15,23H,9-10,13-14H2,1-2H3. The summed E-state index contributed by atoms with van der Waals surface area (Å²) in [7, 11) is 0. The van der Waals surface area contributed by atoms with Crippen LogP contribution >= 0.6 is 0 Å². The average Bonchev–Trinajstić information content (AvgIpc) is 2.65. The Labute approximate surface area is 149 Å². The van der Waals surface area contributed by atoms with Crippen molar-refractivity contribution in [3.8, 4) is 6.07 Å². The molecule has 0 amide bonds. The number of nitriles is 1. The molecule has 1 N–H and O–H groups in total. The minimum atomic E-state index is 0.00606. The highest BCUT2D eigenvalue weighted by Gasteiger charge is 2.20. The van der Waals surface area contributed by atoms with Gasteiger partial charge in [0.2, 0.25) is 0 Å². The number of fused-ring (bicyclic) bond motifs is 1. The molecule has 25 heavy (non-hydrogen) atoms. The molecule has 0 radical (unpaired) electrons. The van der Waals surface area contributed by atoms with Crippen LogP contribution in [0.15, 0.2) is 42.5 Å². The summed E-state index contributed by atoms with van der Waals surface area (Å²) in [6, 6.07) is 16.2. The predicted octanol–water partition coefficient (Wildman–Crippen LogP) is 3.62. The van der Waals surface area contributed by atoms with Crippen molar-refractivity contribution < 1.29 is 4.79 Å². The number of hydrogen-bond acceptors (Lipinski definition) is 4. The molecule has 1 aliphatic rings. The fourth-order valence-corrected chi connectivity index (χ4v) is 3.35. The summed E-state index contributed by atoms with van der Waals surface area (Å²) < 4.78 is 0. The lowest BCUT2D eigenvalue weighted by Crippen LogP contribution is -2.41. The van der Waals surface area contributed by atoms with Gasteiger partial charge in [0.1, 0.15) is 0 Å². The normalized spacial score (nSPS) is 15.1. The van der Waals surface area contributed by atoms with E-state index in [1.165, 1.54) is 11.1 Å². The molecule has 1 unspecified atom stereocenters. The van der Waals surface area contributed by atoms with Crippen LogP contribution in [0.25, 0.3) is 0 Å². The van der Waals surface area contributed by atoms with Crippen molar-refractivity contribution >= 4 is 11.5 Å². The first-order chi connectivity index (χ1) is 12.1. The van der Waals surface area contributed by atoms with Crippen molar-refractivity contribution in [2.24, 2.45) is 0 Å². The number of benzene rings is 2. The van der Waals surface area contributed by atoms with Gasteiger partial charge in [0.15, 0.2) is 5.78 Å². The molecule has 1 aliphatic heterocycles. The molecule has 4 nitrogen and oxygen atoms in total. The van der Waals surface area contributed by atoms with Gasteiger partial charge in [-0.1, -0.05) is 24.3 Å². The predicted molar refractivity (Wildman–Crippen MR) is 99.7 cm³/mol. The third-order valence-electron chi connectivity index (χ3n) is 4.90.